The van der Waals surface area contributed by atoms with E-state index in [9.17, 15) is 4.79 Å². The summed E-state index contributed by atoms with van der Waals surface area (Å²) in [4.78, 5) is 11.6. The first-order chi connectivity index (χ1) is 5.79. The fourth-order valence-corrected chi connectivity index (χ4v) is 3.00. The van der Waals surface area contributed by atoms with E-state index in [0.717, 1.165) is 12.8 Å². The van der Waals surface area contributed by atoms with Crippen molar-refractivity contribution in [1.82, 2.24) is 0 Å². The van der Waals surface area contributed by atoms with Crippen molar-refractivity contribution in [2.45, 2.75) is 26.7 Å². The highest BCUT2D eigenvalue weighted by molar-refractivity contribution is 5.92. The highest BCUT2D eigenvalue weighted by Crippen LogP contribution is 2.47. The topological polar surface area (TPSA) is 17.1 Å². The van der Waals surface area contributed by atoms with Crippen LogP contribution >= 0.6 is 0 Å². The van der Waals surface area contributed by atoms with E-state index >= 15 is 0 Å². The first-order valence-corrected chi connectivity index (χ1v) is 5.01. The smallest absolute Gasteiger partial charge is 0.147 e. The van der Waals surface area contributed by atoms with E-state index in [2.05, 4.69) is 26.0 Å². The molecule has 0 aliphatic heterocycles. The molecule has 1 saturated carbocycles. The molecule has 2 bridgehead atoms. The molecule has 0 N–H and O–H groups in total. The average Bonchev–Trinajstić information content (AvgIpc) is 2.58. The van der Waals surface area contributed by atoms with Gasteiger partial charge in [-0.3, -0.25) is 4.79 Å². The van der Waals surface area contributed by atoms with Gasteiger partial charge in [-0.2, -0.15) is 0 Å². The van der Waals surface area contributed by atoms with Crippen LogP contribution in [-0.2, 0) is 4.79 Å². The van der Waals surface area contributed by atoms with Crippen molar-refractivity contribution in [3.05, 3.63) is 12.2 Å². The molecular formula is C11H16O. The molecule has 0 unspecified atom stereocenters. The first-order valence-electron chi connectivity index (χ1n) is 5.01. The van der Waals surface area contributed by atoms with E-state index in [1.807, 2.05) is 0 Å². The summed E-state index contributed by atoms with van der Waals surface area (Å²) in [7, 11) is 0. The molecule has 1 nitrogen and oxygen atoms in total. The van der Waals surface area contributed by atoms with Crippen molar-refractivity contribution in [2.75, 3.05) is 0 Å². The Morgan fingerprint density at radius 3 is 1.83 bits per heavy atom. The quantitative estimate of drug-likeness (QED) is 0.573. The summed E-state index contributed by atoms with van der Waals surface area (Å²) in [6.45, 7) is 4.41. The van der Waals surface area contributed by atoms with Gasteiger partial charge >= 0.3 is 0 Å². The van der Waals surface area contributed by atoms with E-state index in [4.69, 9.17) is 0 Å². The fourth-order valence-electron chi connectivity index (χ4n) is 3.00. The summed E-state index contributed by atoms with van der Waals surface area (Å²) < 4.78 is 0. The van der Waals surface area contributed by atoms with E-state index in [0.29, 0.717) is 17.6 Å². The Bertz CT molecular complexity index is 207. The lowest BCUT2D eigenvalue weighted by Gasteiger charge is -2.23. The third-order valence-corrected chi connectivity index (χ3v) is 3.60. The molecular weight excluding hydrogens is 148 g/mol. The van der Waals surface area contributed by atoms with Crippen molar-refractivity contribution in [2.24, 2.45) is 23.7 Å². The molecule has 12 heavy (non-hydrogen) atoms. The minimum atomic E-state index is 0.282. The molecule has 1 fully saturated rings. The minimum absolute atomic E-state index is 0.282. The number of ketones is 1. The number of hydrogen-bond donors (Lipinski definition) is 0. The molecule has 0 saturated heterocycles. The maximum absolute atomic E-state index is 11.6. The molecule has 0 spiro atoms. The van der Waals surface area contributed by atoms with Gasteiger partial charge in [-0.05, 0) is 11.8 Å². The van der Waals surface area contributed by atoms with Gasteiger partial charge in [-0.25, -0.2) is 0 Å². The maximum Gasteiger partial charge on any atom is 0.147 e. The Morgan fingerprint density at radius 1 is 1.08 bits per heavy atom. The van der Waals surface area contributed by atoms with Crippen LogP contribution in [0.2, 0.25) is 0 Å². The van der Waals surface area contributed by atoms with Gasteiger partial charge < -0.3 is 0 Å². The van der Waals surface area contributed by atoms with Gasteiger partial charge in [-0.15, -0.1) is 0 Å². The zero-order valence-electron chi connectivity index (χ0n) is 7.79. The lowest BCUT2D eigenvalue weighted by molar-refractivity contribution is -0.121. The summed E-state index contributed by atoms with van der Waals surface area (Å²) in [5.74, 6) is 2.36. The summed E-state index contributed by atoms with van der Waals surface area (Å²) in [5.41, 5.74) is 0. The van der Waals surface area contributed by atoms with Gasteiger partial charge in [0.2, 0.25) is 0 Å². The summed E-state index contributed by atoms with van der Waals surface area (Å²) in [6.07, 6.45) is 6.59. The number of allylic oxidation sites excluding steroid dienone is 2. The fraction of sp³-hybridized carbons (Fsp3) is 0.727. The van der Waals surface area contributed by atoms with E-state index < -0.39 is 0 Å². The molecule has 2 rings (SSSR count). The van der Waals surface area contributed by atoms with Crippen LogP contribution in [-0.4, -0.2) is 5.78 Å². The van der Waals surface area contributed by atoms with Gasteiger partial charge in [0.05, 0.1) is 0 Å². The normalized spacial score (nSPS) is 44.3. The SMILES string of the molecule is CC[C@@H]1[C@H](CC)[C@@H]2C=C[C@H]1C2=O. The molecule has 66 valence electrons. The van der Waals surface area contributed by atoms with Crippen molar-refractivity contribution in [3.63, 3.8) is 0 Å². The summed E-state index contributed by atoms with van der Waals surface area (Å²) in [6, 6.07) is 0. The van der Waals surface area contributed by atoms with E-state index in [-0.39, 0.29) is 11.8 Å². The minimum Gasteiger partial charge on any atom is -0.298 e. The molecule has 0 amide bonds. The Labute approximate surface area is 73.8 Å². The average molecular weight is 164 g/mol. The molecule has 0 aromatic heterocycles. The lowest BCUT2D eigenvalue weighted by Crippen LogP contribution is -2.17. The van der Waals surface area contributed by atoms with Crippen LogP contribution in [0, 0.1) is 23.7 Å². The molecule has 2 aliphatic carbocycles. The molecule has 0 heterocycles. The lowest BCUT2D eigenvalue weighted by atomic mass is 9.80. The largest absolute Gasteiger partial charge is 0.298 e. The van der Waals surface area contributed by atoms with Gasteiger partial charge in [0, 0.05) is 11.8 Å². The van der Waals surface area contributed by atoms with Crippen LogP contribution in [0.1, 0.15) is 26.7 Å². The first kappa shape index (κ1) is 8.03. The zero-order valence-corrected chi connectivity index (χ0v) is 7.79. The van der Waals surface area contributed by atoms with Gasteiger partial charge in [-0.1, -0.05) is 38.8 Å². The Hall–Kier alpha value is -0.590. The Kier molecular flexibility index (Phi) is 1.82. The zero-order chi connectivity index (χ0) is 8.72. The highest BCUT2D eigenvalue weighted by Gasteiger charge is 2.48. The van der Waals surface area contributed by atoms with Crippen LogP contribution in [0.5, 0.6) is 0 Å². The number of fused-ring (bicyclic) bond motifs is 2. The van der Waals surface area contributed by atoms with Crippen LogP contribution in [0.15, 0.2) is 12.2 Å². The monoisotopic (exact) mass is 164 g/mol. The van der Waals surface area contributed by atoms with Gasteiger partial charge in [0.15, 0.2) is 0 Å². The number of hydrogen-bond acceptors (Lipinski definition) is 1. The molecule has 4 atom stereocenters. The van der Waals surface area contributed by atoms with Gasteiger partial charge in [0.1, 0.15) is 5.78 Å². The Balaban J connectivity index is 2.27. The third kappa shape index (κ3) is 0.825. The number of rotatable bonds is 2. The molecule has 1 heteroatoms. The van der Waals surface area contributed by atoms with E-state index in [1.165, 1.54) is 0 Å². The highest BCUT2D eigenvalue weighted by atomic mass is 16.1. The van der Waals surface area contributed by atoms with E-state index in [1.54, 1.807) is 0 Å². The van der Waals surface area contributed by atoms with Crippen molar-refractivity contribution < 1.29 is 4.79 Å². The number of Topliss-reactive ketones (excluding diaryl/α,β-unsaturated/α-hetero) is 1. The van der Waals surface area contributed by atoms with Crippen LogP contribution < -0.4 is 0 Å². The number of carbonyl (C=O) groups excluding carboxylic acids is 1. The molecule has 0 radical (unpaired) electrons. The Morgan fingerprint density at radius 2 is 1.50 bits per heavy atom. The predicted octanol–water partition coefficient (Wildman–Crippen LogP) is 2.42. The van der Waals surface area contributed by atoms with Crippen LogP contribution in [0.3, 0.4) is 0 Å². The van der Waals surface area contributed by atoms with Crippen LogP contribution in [0.25, 0.3) is 0 Å². The van der Waals surface area contributed by atoms with Crippen molar-refractivity contribution in [3.8, 4) is 0 Å². The second-order valence-corrected chi connectivity index (χ2v) is 3.98. The third-order valence-electron chi connectivity index (χ3n) is 3.60. The van der Waals surface area contributed by atoms with Crippen LogP contribution in [0.4, 0.5) is 0 Å². The molecule has 0 aromatic carbocycles. The number of carbonyl (C=O) groups is 1. The maximum atomic E-state index is 11.6. The van der Waals surface area contributed by atoms with Crippen molar-refractivity contribution in [1.29, 1.82) is 0 Å². The molecule has 0 aromatic rings. The second-order valence-electron chi connectivity index (χ2n) is 3.98. The second kappa shape index (κ2) is 2.72. The van der Waals surface area contributed by atoms with Crippen molar-refractivity contribution >= 4 is 5.78 Å². The predicted molar refractivity (Wildman–Crippen MR) is 48.7 cm³/mol. The summed E-state index contributed by atoms with van der Waals surface area (Å²) in [5, 5.41) is 0. The van der Waals surface area contributed by atoms with Gasteiger partial charge in [0.25, 0.3) is 0 Å². The standard InChI is InChI=1S/C11H16O/c1-3-7-8(4-2)10-6-5-9(7)11(10)12/h5-10H,3-4H2,1-2H3/t7-,8+,9-,10+. The summed E-state index contributed by atoms with van der Waals surface area (Å²) >= 11 is 0. The molecule has 2 aliphatic rings.